The van der Waals surface area contributed by atoms with Crippen molar-refractivity contribution in [3.8, 4) is 11.5 Å². The van der Waals surface area contributed by atoms with Crippen LogP contribution >= 0.6 is 8.38 Å². The number of rotatable bonds is 5. The van der Waals surface area contributed by atoms with Crippen LogP contribution in [0.15, 0.2) is 78.9 Å². The van der Waals surface area contributed by atoms with Crippen LogP contribution in [0.1, 0.15) is 0 Å². The van der Waals surface area contributed by atoms with Crippen molar-refractivity contribution in [2.75, 3.05) is 0 Å². The second kappa shape index (κ2) is 7.21. The average Bonchev–Trinajstić information content (AvgIpc) is 2.58. The highest BCUT2D eigenvalue weighted by Gasteiger charge is 2.23. The summed E-state index contributed by atoms with van der Waals surface area (Å²) in [7, 11) is -1.86. The summed E-state index contributed by atoms with van der Waals surface area (Å²) in [5, 5.41) is 0.0627. The number of benzene rings is 3. The first kappa shape index (κ1) is 15.4. The summed E-state index contributed by atoms with van der Waals surface area (Å²) in [6.45, 7) is 0. The highest BCUT2D eigenvalue weighted by Crippen LogP contribution is 2.40. The maximum Gasteiger partial charge on any atom is 0.329 e. The van der Waals surface area contributed by atoms with E-state index in [-0.39, 0.29) is 5.30 Å². The highest BCUT2D eigenvalue weighted by atomic mass is 31.2. The molecule has 0 radical (unpaired) electrons. The molecule has 0 heterocycles. The van der Waals surface area contributed by atoms with Gasteiger partial charge in [-0.05, 0) is 42.5 Å². The summed E-state index contributed by atoms with van der Waals surface area (Å²) in [6, 6.07) is 21.1. The van der Waals surface area contributed by atoms with Crippen LogP contribution in [-0.4, -0.2) is 0 Å². The molecule has 5 heteroatoms. The van der Waals surface area contributed by atoms with Gasteiger partial charge in [-0.25, -0.2) is 8.78 Å². The van der Waals surface area contributed by atoms with E-state index in [9.17, 15) is 8.78 Å². The standard InChI is InChI=1S/C18H13F2O2P/c19-14-11-12-17(20)18(13-14)23(21-15-7-3-1-4-8-15)22-16-9-5-2-6-10-16/h1-13H. The molecule has 0 aliphatic rings. The van der Waals surface area contributed by atoms with Crippen LogP contribution in [0.5, 0.6) is 11.5 Å². The zero-order valence-corrected chi connectivity index (χ0v) is 12.9. The van der Waals surface area contributed by atoms with Crippen molar-refractivity contribution in [3.05, 3.63) is 90.5 Å². The summed E-state index contributed by atoms with van der Waals surface area (Å²) in [4.78, 5) is 0. The van der Waals surface area contributed by atoms with E-state index >= 15 is 0 Å². The first-order valence-corrected chi connectivity index (χ1v) is 8.11. The van der Waals surface area contributed by atoms with Gasteiger partial charge in [0.25, 0.3) is 0 Å². The molecular formula is C18H13F2O2P. The van der Waals surface area contributed by atoms with Crippen LogP contribution in [0.25, 0.3) is 0 Å². The van der Waals surface area contributed by atoms with Crippen molar-refractivity contribution in [2.24, 2.45) is 0 Å². The molecule has 0 spiro atoms. The lowest BCUT2D eigenvalue weighted by Crippen LogP contribution is -2.14. The minimum absolute atomic E-state index is 0.0627. The smallest absolute Gasteiger partial charge is 0.329 e. The quantitative estimate of drug-likeness (QED) is 0.609. The molecular weight excluding hydrogens is 317 g/mol. The Morgan fingerprint density at radius 3 is 1.70 bits per heavy atom. The topological polar surface area (TPSA) is 18.5 Å². The maximum absolute atomic E-state index is 14.1. The molecule has 0 aliphatic heterocycles. The first-order chi connectivity index (χ1) is 11.2. The molecule has 0 amide bonds. The molecule has 0 bridgehead atoms. The van der Waals surface area contributed by atoms with Gasteiger partial charge in [-0.3, -0.25) is 0 Å². The summed E-state index contributed by atoms with van der Waals surface area (Å²) in [5.74, 6) is -0.0528. The summed E-state index contributed by atoms with van der Waals surface area (Å²) in [5.41, 5.74) is 0. The number of halogens is 2. The van der Waals surface area contributed by atoms with E-state index in [0.29, 0.717) is 11.5 Å². The molecule has 0 unspecified atom stereocenters. The van der Waals surface area contributed by atoms with E-state index in [4.69, 9.17) is 9.05 Å². The molecule has 3 rings (SSSR count). The monoisotopic (exact) mass is 330 g/mol. The summed E-state index contributed by atoms with van der Waals surface area (Å²) < 4.78 is 39.2. The Balaban J connectivity index is 1.94. The molecule has 23 heavy (non-hydrogen) atoms. The van der Waals surface area contributed by atoms with Crippen molar-refractivity contribution >= 4 is 13.7 Å². The second-order valence-corrected chi connectivity index (χ2v) is 6.02. The summed E-state index contributed by atoms with van der Waals surface area (Å²) >= 11 is 0. The SMILES string of the molecule is Fc1ccc(F)c(P(Oc2ccccc2)Oc2ccccc2)c1. The fourth-order valence-corrected chi connectivity index (χ4v) is 3.23. The van der Waals surface area contributed by atoms with Crippen LogP contribution in [0, 0.1) is 11.6 Å². The van der Waals surface area contributed by atoms with Crippen molar-refractivity contribution in [3.63, 3.8) is 0 Å². The molecule has 3 aromatic rings. The van der Waals surface area contributed by atoms with Crippen LogP contribution in [0.4, 0.5) is 8.78 Å². The van der Waals surface area contributed by atoms with Gasteiger partial charge in [0, 0.05) is 0 Å². The van der Waals surface area contributed by atoms with E-state index in [1.807, 2.05) is 12.1 Å². The fourth-order valence-electron chi connectivity index (χ4n) is 1.90. The van der Waals surface area contributed by atoms with Gasteiger partial charge >= 0.3 is 8.38 Å². The third-order valence-corrected chi connectivity index (χ3v) is 4.46. The lowest BCUT2D eigenvalue weighted by molar-refractivity contribution is 0.498. The van der Waals surface area contributed by atoms with Crippen LogP contribution in [0.2, 0.25) is 0 Å². The van der Waals surface area contributed by atoms with Gasteiger partial charge in [0.05, 0.1) is 5.30 Å². The van der Waals surface area contributed by atoms with Crippen LogP contribution in [-0.2, 0) is 0 Å². The number of para-hydroxylation sites is 2. The normalized spacial score (nSPS) is 10.6. The maximum atomic E-state index is 14.1. The van der Waals surface area contributed by atoms with E-state index in [0.717, 1.165) is 18.2 Å². The molecule has 0 N–H and O–H groups in total. The predicted octanol–water partition coefficient (Wildman–Crippen LogP) is 5.06. The minimum Gasteiger partial charge on any atom is -0.435 e. The Hall–Kier alpha value is -2.45. The van der Waals surface area contributed by atoms with E-state index < -0.39 is 20.0 Å². The van der Waals surface area contributed by atoms with Gasteiger partial charge < -0.3 is 9.05 Å². The Bertz CT molecular complexity index is 725. The third-order valence-electron chi connectivity index (χ3n) is 2.97. The van der Waals surface area contributed by atoms with Gasteiger partial charge in [0.2, 0.25) is 0 Å². The van der Waals surface area contributed by atoms with Gasteiger partial charge in [-0.2, -0.15) is 0 Å². The largest absolute Gasteiger partial charge is 0.435 e. The Labute approximate surface area is 134 Å². The van der Waals surface area contributed by atoms with Crippen molar-refractivity contribution < 1.29 is 17.8 Å². The Morgan fingerprint density at radius 2 is 1.17 bits per heavy atom. The van der Waals surface area contributed by atoms with Gasteiger partial charge in [0.15, 0.2) is 0 Å². The lowest BCUT2D eigenvalue weighted by atomic mass is 10.3. The van der Waals surface area contributed by atoms with Crippen LogP contribution in [0.3, 0.4) is 0 Å². The van der Waals surface area contributed by atoms with E-state index in [2.05, 4.69) is 0 Å². The van der Waals surface area contributed by atoms with Crippen LogP contribution < -0.4 is 14.4 Å². The minimum atomic E-state index is -1.86. The zero-order chi connectivity index (χ0) is 16.1. The zero-order valence-electron chi connectivity index (χ0n) is 12.0. The lowest BCUT2D eigenvalue weighted by Gasteiger charge is -2.19. The van der Waals surface area contributed by atoms with Crippen molar-refractivity contribution in [1.82, 2.24) is 0 Å². The molecule has 2 nitrogen and oxygen atoms in total. The molecule has 0 aromatic heterocycles. The predicted molar refractivity (Wildman–Crippen MR) is 87.1 cm³/mol. The number of hydrogen-bond donors (Lipinski definition) is 0. The number of hydrogen-bond acceptors (Lipinski definition) is 2. The van der Waals surface area contributed by atoms with Crippen molar-refractivity contribution in [2.45, 2.75) is 0 Å². The molecule has 0 saturated carbocycles. The molecule has 0 aliphatic carbocycles. The van der Waals surface area contributed by atoms with E-state index in [1.54, 1.807) is 48.5 Å². The van der Waals surface area contributed by atoms with Crippen molar-refractivity contribution in [1.29, 1.82) is 0 Å². The second-order valence-electron chi connectivity index (χ2n) is 4.66. The Kier molecular flexibility index (Phi) is 4.84. The molecule has 0 saturated heterocycles. The first-order valence-electron chi connectivity index (χ1n) is 6.93. The fraction of sp³-hybridized carbons (Fsp3) is 0. The molecule has 3 aromatic carbocycles. The third kappa shape index (κ3) is 4.05. The van der Waals surface area contributed by atoms with Gasteiger partial charge in [-0.15, -0.1) is 0 Å². The Morgan fingerprint density at radius 1 is 0.652 bits per heavy atom. The molecule has 0 fully saturated rings. The average molecular weight is 330 g/mol. The highest BCUT2D eigenvalue weighted by molar-refractivity contribution is 7.56. The van der Waals surface area contributed by atoms with E-state index in [1.165, 1.54) is 0 Å². The molecule has 116 valence electrons. The molecule has 0 atom stereocenters. The van der Waals surface area contributed by atoms with Gasteiger partial charge in [0.1, 0.15) is 23.1 Å². The summed E-state index contributed by atoms with van der Waals surface area (Å²) in [6.07, 6.45) is 0. The van der Waals surface area contributed by atoms with Gasteiger partial charge in [-0.1, -0.05) is 36.4 Å².